The quantitative estimate of drug-likeness (QED) is 0.684. The summed E-state index contributed by atoms with van der Waals surface area (Å²) in [6.07, 6.45) is 2.36. The van der Waals surface area contributed by atoms with Gasteiger partial charge in [-0.2, -0.15) is 0 Å². The molecule has 4 heteroatoms. The van der Waals surface area contributed by atoms with Gasteiger partial charge in [-0.1, -0.05) is 11.2 Å². The molecule has 2 N–H and O–H groups in total. The fourth-order valence-electron chi connectivity index (χ4n) is 0.903. The summed E-state index contributed by atoms with van der Waals surface area (Å²) in [7, 11) is 0. The van der Waals surface area contributed by atoms with E-state index in [-0.39, 0.29) is 0 Å². The number of furan rings is 1. The number of hydrogen-bond acceptors (Lipinski definition) is 3. The zero-order valence-corrected chi connectivity index (χ0v) is 7.68. The van der Waals surface area contributed by atoms with Gasteiger partial charge in [-0.3, -0.25) is 0 Å². The molecule has 0 amide bonds. The normalized spacial score (nSPS) is 13.2. The molecule has 0 saturated carbocycles. The lowest BCUT2D eigenvalue weighted by atomic mass is 10.4. The standard InChI is InChI=1S/C8H13NO2S/c9-4-7-12(10)6-3-8-2-1-5-11-8/h1-2,5H,3-4,6-7,9H2. The Hall–Kier alpha value is -0.450. The fourth-order valence-corrected chi connectivity index (χ4v) is 1.80. The average molecular weight is 187 g/mol. The van der Waals surface area contributed by atoms with Crippen LogP contribution in [0.1, 0.15) is 5.76 Å². The minimum atomic E-state index is -0.790. The van der Waals surface area contributed by atoms with Gasteiger partial charge >= 0.3 is 0 Å². The Balaban J connectivity index is 2.17. The summed E-state index contributed by atoms with van der Waals surface area (Å²) in [5.74, 6) is 2.12. The van der Waals surface area contributed by atoms with Gasteiger partial charge in [0.1, 0.15) is 17.3 Å². The first kappa shape index (κ1) is 9.64. The summed E-state index contributed by atoms with van der Waals surface area (Å²) in [6, 6.07) is 3.72. The molecule has 1 heterocycles. The summed E-state index contributed by atoms with van der Waals surface area (Å²) in [4.78, 5) is 0. The zero-order valence-electron chi connectivity index (χ0n) is 6.86. The van der Waals surface area contributed by atoms with E-state index in [0.29, 0.717) is 18.1 Å². The average Bonchev–Trinajstić information content (AvgIpc) is 2.53. The molecule has 0 aliphatic carbocycles. The summed E-state index contributed by atoms with van der Waals surface area (Å²) in [5, 5.41) is 0. The van der Waals surface area contributed by atoms with Gasteiger partial charge in [-0.05, 0) is 12.1 Å². The maximum absolute atomic E-state index is 11.1. The van der Waals surface area contributed by atoms with Crippen molar-refractivity contribution in [3.63, 3.8) is 0 Å². The first-order chi connectivity index (χ1) is 5.83. The van der Waals surface area contributed by atoms with E-state index in [4.69, 9.17) is 10.2 Å². The molecule has 0 aliphatic rings. The Morgan fingerprint density at radius 1 is 1.50 bits per heavy atom. The van der Waals surface area contributed by atoms with Crippen molar-refractivity contribution in [2.45, 2.75) is 6.42 Å². The van der Waals surface area contributed by atoms with Crippen LogP contribution in [0.15, 0.2) is 22.8 Å². The van der Waals surface area contributed by atoms with Gasteiger partial charge in [0.05, 0.1) is 12.7 Å². The fraction of sp³-hybridized carbons (Fsp3) is 0.500. The Bertz CT molecular complexity index is 201. The van der Waals surface area contributed by atoms with Crippen LogP contribution < -0.4 is 5.73 Å². The minimum absolute atomic E-state index is 0.491. The van der Waals surface area contributed by atoms with Crippen LogP contribution in [0.25, 0.3) is 0 Å². The molecule has 12 heavy (non-hydrogen) atoms. The number of aryl methyl sites for hydroxylation is 1. The monoisotopic (exact) mass is 187 g/mol. The van der Waals surface area contributed by atoms with Crippen LogP contribution in [-0.4, -0.2) is 22.6 Å². The molecule has 1 aromatic heterocycles. The molecule has 0 fully saturated rings. The summed E-state index contributed by atoms with van der Waals surface area (Å²) in [6.45, 7) is 0.491. The van der Waals surface area contributed by atoms with Crippen LogP contribution in [0, 0.1) is 0 Å². The second-order valence-corrected chi connectivity index (χ2v) is 4.16. The highest BCUT2D eigenvalue weighted by molar-refractivity contribution is 7.91. The smallest absolute Gasteiger partial charge is 0.117 e. The molecule has 1 aromatic rings. The van der Waals surface area contributed by atoms with Gasteiger partial charge in [0, 0.05) is 6.54 Å². The van der Waals surface area contributed by atoms with Gasteiger partial charge in [0.2, 0.25) is 0 Å². The number of nitrogens with two attached hydrogens (primary N) is 1. The molecule has 68 valence electrons. The van der Waals surface area contributed by atoms with Gasteiger partial charge in [0.25, 0.3) is 0 Å². The molecule has 1 unspecified atom stereocenters. The first-order valence-corrected chi connectivity index (χ1v) is 5.39. The van der Waals surface area contributed by atoms with Crippen LogP contribution in [-0.2, 0) is 17.6 Å². The summed E-state index contributed by atoms with van der Waals surface area (Å²) in [5.41, 5.74) is 5.26. The second kappa shape index (κ2) is 5.24. The van der Waals surface area contributed by atoms with Crippen molar-refractivity contribution in [3.05, 3.63) is 24.2 Å². The predicted molar refractivity (Wildman–Crippen MR) is 49.3 cm³/mol. The molecule has 0 aliphatic heterocycles. The lowest BCUT2D eigenvalue weighted by Gasteiger charge is -2.07. The molecule has 1 rings (SSSR count). The van der Waals surface area contributed by atoms with Gasteiger partial charge in [-0.15, -0.1) is 0 Å². The highest BCUT2D eigenvalue weighted by Gasteiger charge is 2.05. The van der Waals surface area contributed by atoms with Gasteiger partial charge in [-0.25, -0.2) is 0 Å². The van der Waals surface area contributed by atoms with Crippen molar-refractivity contribution in [1.82, 2.24) is 0 Å². The van der Waals surface area contributed by atoms with E-state index in [1.54, 1.807) is 6.26 Å². The van der Waals surface area contributed by atoms with E-state index in [2.05, 4.69) is 0 Å². The van der Waals surface area contributed by atoms with Crippen molar-refractivity contribution < 1.29 is 8.97 Å². The first-order valence-electron chi connectivity index (χ1n) is 3.90. The third-order valence-electron chi connectivity index (χ3n) is 1.50. The molecule has 0 bridgehead atoms. The van der Waals surface area contributed by atoms with E-state index < -0.39 is 11.2 Å². The number of rotatable bonds is 5. The van der Waals surface area contributed by atoms with Crippen LogP contribution in [0.5, 0.6) is 0 Å². The molecular formula is C8H13NO2S. The highest BCUT2D eigenvalue weighted by Crippen LogP contribution is 2.03. The maximum Gasteiger partial charge on any atom is 0.117 e. The lowest BCUT2D eigenvalue weighted by Crippen LogP contribution is -2.19. The Kier molecular flexibility index (Phi) is 4.21. The molecular weight excluding hydrogens is 174 g/mol. The van der Waals surface area contributed by atoms with Crippen molar-refractivity contribution >= 4 is 11.2 Å². The summed E-state index contributed by atoms with van der Waals surface area (Å²) < 4.78 is 16.2. The molecule has 3 nitrogen and oxygen atoms in total. The Morgan fingerprint density at radius 3 is 2.92 bits per heavy atom. The Morgan fingerprint density at radius 2 is 2.33 bits per heavy atom. The zero-order chi connectivity index (χ0) is 8.81. The maximum atomic E-state index is 11.1. The van der Waals surface area contributed by atoms with Crippen molar-refractivity contribution in [2.75, 3.05) is 18.1 Å². The Labute approximate surface area is 75.1 Å². The van der Waals surface area contributed by atoms with Crippen LogP contribution in [0.3, 0.4) is 0 Å². The number of hydrogen-bond donors (Lipinski definition) is 1. The summed E-state index contributed by atoms with van der Waals surface area (Å²) >= 11 is -0.790. The van der Waals surface area contributed by atoms with E-state index in [1.165, 1.54) is 0 Å². The predicted octanol–water partition coefficient (Wildman–Crippen LogP) is 0.529. The van der Waals surface area contributed by atoms with Gasteiger partial charge < -0.3 is 14.7 Å². The van der Waals surface area contributed by atoms with Crippen LogP contribution in [0.2, 0.25) is 0 Å². The van der Waals surface area contributed by atoms with Crippen LogP contribution >= 0.6 is 0 Å². The molecule has 0 radical (unpaired) electrons. The SMILES string of the molecule is NCC[S+]([O-])CCc1ccco1. The minimum Gasteiger partial charge on any atom is -0.616 e. The molecule has 0 spiro atoms. The lowest BCUT2D eigenvalue weighted by molar-refractivity contribution is 0.513. The largest absolute Gasteiger partial charge is 0.616 e. The van der Waals surface area contributed by atoms with Crippen molar-refractivity contribution in [3.8, 4) is 0 Å². The molecule has 0 saturated heterocycles. The second-order valence-electron chi connectivity index (χ2n) is 2.47. The van der Waals surface area contributed by atoms with Crippen LogP contribution in [0.4, 0.5) is 0 Å². The van der Waals surface area contributed by atoms with Gasteiger partial charge in [0.15, 0.2) is 0 Å². The van der Waals surface area contributed by atoms with Crippen molar-refractivity contribution in [1.29, 1.82) is 0 Å². The molecule has 0 aromatic carbocycles. The van der Waals surface area contributed by atoms with Crippen molar-refractivity contribution in [2.24, 2.45) is 5.73 Å². The molecule has 1 atom stereocenters. The third-order valence-corrected chi connectivity index (χ3v) is 2.85. The van der Waals surface area contributed by atoms with E-state index in [9.17, 15) is 4.55 Å². The third kappa shape index (κ3) is 3.30. The van der Waals surface area contributed by atoms with E-state index in [0.717, 1.165) is 12.2 Å². The highest BCUT2D eigenvalue weighted by atomic mass is 32.2. The van der Waals surface area contributed by atoms with E-state index in [1.807, 2.05) is 12.1 Å². The van der Waals surface area contributed by atoms with E-state index >= 15 is 0 Å². The topological polar surface area (TPSA) is 62.2 Å².